The van der Waals surface area contributed by atoms with Gasteiger partial charge in [0.15, 0.2) is 0 Å². The quantitative estimate of drug-likeness (QED) is 0.491. The second-order valence-electron chi connectivity index (χ2n) is 2.77. The van der Waals surface area contributed by atoms with Crippen molar-refractivity contribution in [1.82, 2.24) is 0 Å². The Balaban J connectivity index is 2.53. The Morgan fingerprint density at radius 1 is 1.25 bits per heavy atom. The number of rotatable bonds is 0. The first-order valence-electron chi connectivity index (χ1n) is 3.92. The van der Waals surface area contributed by atoms with E-state index in [-0.39, 0.29) is 0 Å². The Labute approximate surface area is 71.1 Å². The van der Waals surface area contributed by atoms with Crippen molar-refractivity contribution in [3.05, 3.63) is 53.2 Å². The molecule has 1 nitrogen and oxygen atoms in total. The van der Waals surface area contributed by atoms with Crippen LogP contribution in [-0.2, 0) is 4.79 Å². The molecule has 0 unspecified atom stereocenters. The highest BCUT2D eigenvalue weighted by Gasteiger charge is 2.15. The van der Waals surface area contributed by atoms with E-state index >= 15 is 0 Å². The summed E-state index contributed by atoms with van der Waals surface area (Å²) in [6.45, 7) is 0. The first kappa shape index (κ1) is 7.08. The summed E-state index contributed by atoms with van der Waals surface area (Å²) in [7, 11) is 0. The van der Waals surface area contributed by atoms with Gasteiger partial charge in [0.2, 0.25) is 0 Å². The Bertz CT molecular complexity index is 372. The molecule has 0 aromatic heterocycles. The van der Waals surface area contributed by atoms with Crippen molar-refractivity contribution in [2.75, 3.05) is 0 Å². The molecule has 1 heteroatoms. The van der Waals surface area contributed by atoms with Crippen molar-refractivity contribution < 1.29 is 4.79 Å². The van der Waals surface area contributed by atoms with E-state index in [1.165, 1.54) is 0 Å². The maximum Gasteiger partial charge on any atom is 0.128 e. The van der Waals surface area contributed by atoms with E-state index in [0.29, 0.717) is 0 Å². The van der Waals surface area contributed by atoms with E-state index in [2.05, 4.69) is 6.08 Å². The second-order valence-corrected chi connectivity index (χ2v) is 2.77. The van der Waals surface area contributed by atoms with Gasteiger partial charge < -0.3 is 0 Å². The molecule has 2 aliphatic rings. The molecule has 58 valence electrons. The molecule has 0 radical (unpaired) electrons. The van der Waals surface area contributed by atoms with E-state index in [1.807, 2.05) is 36.3 Å². The lowest BCUT2D eigenvalue weighted by Crippen LogP contribution is -1.83. The molecule has 12 heavy (non-hydrogen) atoms. The summed E-state index contributed by atoms with van der Waals surface area (Å²) < 4.78 is 0. The second kappa shape index (κ2) is 2.80. The average Bonchev–Trinajstić information content (AvgIpc) is 2.33. The van der Waals surface area contributed by atoms with Crippen LogP contribution in [0, 0.1) is 0 Å². The fourth-order valence-corrected chi connectivity index (χ4v) is 1.43. The lowest BCUT2D eigenvalue weighted by atomic mass is 10.1. The van der Waals surface area contributed by atoms with Gasteiger partial charge in [0.05, 0.1) is 0 Å². The average molecular weight is 156 g/mol. The molecule has 0 aromatic rings. The van der Waals surface area contributed by atoms with E-state index < -0.39 is 0 Å². The van der Waals surface area contributed by atoms with Gasteiger partial charge >= 0.3 is 0 Å². The molecule has 0 aromatic carbocycles. The highest BCUT2D eigenvalue weighted by Crippen LogP contribution is 2.30. The number of hydrogen-bond acceptors (Lipinski definition) is 1. The summed E-state index contributed by atoms with van der Waals surface area (Å²) in [4.78, 5) is 10.5. The van der Waals surface area contributed by atoms with Crippen molar-refractivity contribution in [3.63, 3.8) is 0 Å². The SMILES string of the molecule is O=C=C1CC=C2C=CC=CC=C12. The van der Waals surface area contributed by atoms with Crippen molar-refractivity contribution in [3.8, 4) is 0 Å². The first-order chi connectivity index (χ1) is 5.92. The molecule has 0 bridgehead atoms. The molecular formula is C11H8O. The molecule has 0 fully saturated rings. The molecule has 0 N–H and O–H groups in total. The number of carbonyl (C=O) groups excluding carboxylic acids is 1. The monoisotopic (exact) mass is 156 g/mol. The summed E-state index contributed by atoms with van der Waals surface area (Å²) in [5.74, 6) is 1.97. The lowest BCUT2D eigenvalue weighted by molar-refractivity contribution is 0.567. The van der Waals surface area contributed by atoms with Gasteiger partial charge in [-0.3, -0.25) is 0 Å². The Morgan fingerprint density at radius 3 is 3.00 bits per heavy atom. The third kappa shape index (κ3) is 1.01. The number of fused-ring (bicyclic) bond motifs is 1. The molecule has 0 atom stereocenters. The van der Waals surface area contributed by atoms with Crippen LogP contribution in [0.3, 0.4) is 0 Å². The van der Waals surface area contributed by atoms with Crippen LogP contribution in [-0.4, -0.2) is 5.94 Å². The van der Waals surface area contributed by atoms with Gasteiger partial charge in [-0.2, -0.15) is 0 Å². The van der Waals surface area contributed by atoms with E-state index in [9.17, 15) is 4.79 Å². The van der Waals surface area contributed by atoms with Gasteiger partial charge in [-0.15, -0.1) is 0 Å². The van der Waals surface area contributed by atoms with Crippen LogP contribution >= 0.6 is 0 Å². The van der Waals surface area contributed by atoms with Crippen LogP contribution in [0.2, 0.25) is 0 Å². The minimum absolute atomic E-state index is 0.725. The zero-order chi connectivity index (χ0) is 8.39. The largest absolute Gasteiger partial charge is 0.233 e. The van der Waals surface area contributed by atoms with Gasteiger partial charge in [-0.05, 0) is 11.1 Å². The third-order valence-corrected chi connectivity index (χ3v) is 2.05. The molecular weight excluding hydrogens is 148 g/mol. The molecule has 2 aliphatic carbocycles. The normalized spacial score (nSPS) is 19.5. The Hall–Kier alpha value is -1.59. The van der Waals surface area contributed by atoms with Gasteiger partial charge in [0.1, 0.15) is 5.94 Å². The van der Waals surface area contributed by atoms with Crippen LogP contribution in [0.5, 0.6) is 0 Å². The van der Waals surface area contributed by atoms with Gasteiger partial charge in [-0.25, -0.2) is 4.79 Å². The highest BCUT2D eigenvalue weighted by molar-refractivity contribution is 5.72. The van der Waals surface area contributed by atoms with Gasteiger partial charge in [0.25, 0.3) is 0 Å². The first-order valence-corrected chi connectivity index (χ1v) is 3.92. The van der Waals surface area contributed by atoms with Crippen LogP contribution in [0.15, 0.2) is 53.2 Å². The van der Waals surface area contributed by atoms with E-state index in [1.54, 1.807) is 0 Å². The molecule has 0 heterocycles. The van der Waals surface area contributed by atoms with E-state index in [0.717, 1.165) is 23.1 Å². The smallest absolute Gasteiger partial charge is 0.128 e. The van der Waals surface area contributed by atoms with Crippen molar-refractivity contribution >= 4 is 5.94 Å². The van der Waals surface area contributed by atoms with Crippen molar-refractivity contribution in [1.29, 1.82) is 0 Å². The minimum Gasteiger partial charge on any atom is -0.233 e. The highest BCUT2D eigenvalue weighted by atomic mass is 16.1. The number of hydrogen-bond donors (Lipinski definition) is 0. The summed E-state index contributed by atoms with van der Waals surface area (Å²) in [6, 6.07) is 0. The molecule has 0 spiro atoms. The molecule has 0 saturated heterocycles. The molecule has 2 rings (SSSR count). The Kier molecular flexibility index (Phi) is 1.65. The zero-order valence-electron chi connectivity index (χ0n) is 6.58. The summed E-state index contributed by atoms with van der Waals surface area (Å²) in [5.41, 5.74) is 2.93. The summed E-state index contributed by atoms with van der Waals surface area (Å²) in [5, 5.41) is 0. The predicted octanol–water partition coefficient (Wildman–Crippen LogP) is 2.13. The molecule has 0 amide bonds. The zero-order valence-corrected chi connectivity index (χ0v) is 6.58. The third-order valence-electron chi connectivity index (χ3n) is 2.05. The lowest BCUT2D eigenvalue weighted by Gasteiger charge is -1.96. The van der Waals surface area contributed by atoms with Crippen LogP contribution in [0.4, 0.5) is 0 Å². The molecule has 0 saturated carbocycles. The maximum atomic E-state index is 10.5. The summed E-state index contributed by atoms with van der Waals surface area (Å²) in [6.07, 6.45) is 12.6. The van der Waals surface area contributed by atoms with Gasteiger partial charge in [0, 0.05) is 12.0 Å². The fourth-order valence-electron chi connectivity index (χ4n) is 1.43. The summed E-state index contributed by atoms with van der Waals surface area (Å²) >= 11 is 0. The van der Waals surface area contributed by atoms with Gasteiger partial charge in [-0.1, -0.05) is 36.5 Å². The standard InChI is InChI=1S/C11H8O/c12-8-10-7-6-9-4-2-1-3-5-11(9)10/h1-6H,7H2. The van der Waals surface area contributed by atoms with Crippen LogP contribution < -0.4 is 0 Å². The van der Waals surface area contributed by atoms with Crippen molar-refractivity contribution in [2.24, 2.45) is 0 Å². The number of allylic oxidation sites excluding steroid dienone is 9. The maximum absolute atomic E-state index is 10.5. The van der Waals surface area contributed by atoms with Crippen LogP contribution in [0.25, 0.3) is 0 Å². The topological polar surface area (TPSA) is 17.1 Å². The minimum atomic E-state index is 0.725. The Morgan fingerprint density at radius 2 is 2.17 bits per heavy atom. The van der Waals surface area contributed by atoms with Crippen LogP contribution in [0.1, 0.15) is 6.42 Å². The molecule has 0 aliphatic heterocycles. The fraction of sp³-hybridized carbons (Fsp3) is 0.0909. The van der Waals surface area contributed by atoms with Crippen molar-refractivity contribution in [2.45, 2.75) is 6.42 Å². The van der Waals surface area contributed by atoms with E-state index in [4.69, 9.17) is 0 Å². The predicted molar refractivity (Wildman–Crippen MR) is 48.3 cm³/mol.